The van der Waals surface area contributed by atoms with Gasteiger partial charge in [-0.2, -0.15) is 0 Å². The zero-order chi connectivity index (χ0) is 17.6. The molecular formula is C16H20O7. The van der Waals surface area contributed by atoms with Crippen LogP contribution < -0.4 is 0 Å². The first kappa shape index (κ1) is 18.5. The van der Waals surface area contributed by atoms with E-state index in [0.717, 1.165) is 7.11 Å². The molecule has 0 aliphatic carbocycles. The second-order valence-corrected chi connectivity index (χ2v) is 4.59. The van der Waals surface area contributed by atoms with Gasteiger partial charge in [-0.1, -0.05) is 0 Å². The van der Waals surface area contributed by atoms with E-state index in [1.807, 2.05) is 0 Å². The number of allylic oxidation sites excluding steroid dienone is 1. The minimum atomic E-state index is -0.850. The van der Waals surface area contributed by atoms with E-state index in [2.05, 4.69) is 4.74 Å². The lowest BCUT2D eigenvalue weighted by Crippen LogP contribution is -2.16. The Morgan fingerprint density at radius 1 is 1.04 bits per heavy atom. The molecule has 1 aromatic rings. The van der Waals surface area contributed by atoms with Gasteiger partial charge in [-0.3, -0.25) is 0 Å². The zero-order valence-corrected chi connectivity index (χ0v) is 13.8. The molecule has 1 N–H and O–H groups in total. The molecule has 7 nitrogen and oxygen atoms in total. The highest BCUT2D eigenvalue weighted by atomic mass is 16.5. The molecule has 0 aliphatic rings. The van der Waals surface area contributed by atoms with E-state index in [1.54, 1.807) is 13.0 Å². The van der Waals surface area contributed by atoms with Crippen LogP contribution in [0.4, 0.5) is 0 Å². The summed E-state index contributed by atoms with van der Waals surface area (Å²) in [6.45, 7) is 1.80. The molecule has 23 heavy (non-hydrogen) atoms. The van der Waals surface area contributed by atoms with Crippen molar-refractivity contribution in [3.8, 4) is 5.75 Å². The molecule has 1 aromatic carbocycles. The highest BCUT2D eigenvalue weighted by molar-refractivity contribution is 6.07. The monoisotopic (exact) mass is 324 g/mol. The highest BCUT2D eigenvalue weighted by Crippen LogP contribution is 2.32. The Bertz CT molecular complexity index is 632. The normalized spacial score (nSPS) is 11.1. The van der Waals surface area contributed by atoms with Gasteiger partial charge in [0, 0.05) is 7.11 Å². The third kappa shape index (κ3) is 4.01. The van der Waals surface area contributed by atoms with E-state index in [9.17, 15) is 14.7 Å². The predicted molar refractivity (Wildman–Crippen MR) is 82.2 cm³/mol. The van der Waals surface area contributed by atoms with Crippen molar-refractivity contribution in [3.05, 3.63) is 34.1 Å². The molecule has 0 radical (unpaired) electrons. The van der Waals surface area contributed by atoms with Crippen molar-refractivity contribution >= 4 is 18.0 Å². The van der Waals surface area contributed by atoms with E-state index < -0.39 is 17.7 Å². The van der Waals surface area contributed by atoms with Crippen LogP contribution in [0, 0.1) is 0 Å². The van der Waals surface area contributed by atoms with Crippen molar-refractivity contribution in [2.75, 3.05) is 28.4 Å². The Hall–Kier alpha value is -2.54. The minimum absolute atomic E-state index is 0.109. The van der Waals surface area contributed by atoms with Crippen LogP contribution in [0.5, 0.6) is 5.75 Å². The fourth-order valence-corrected chi connectivity index (χ4v) is 2.06. The third-order valence-corrected chi connectivity index (χ3v) is 3.18. The molecule has 0 spiro atoms. The first-order valence-electron chi connectivity index (χ1n) is 6.67. The molecule has 1 rings (SSSR count). The lowest BCUT2D eigenvalue weighted by atomic mass is 9.94. The largest absolute Gasteiger partial charge is 0.507 e. The lowest BCUT2D eigenvalue weighted by Gasteiger charge is -2.16. The number of carbonyl (C=O) groups excluding carboxylic acids is 2. The molecule has 0 bridgehead atoms. The second-order valence-electron chi connectivity index (χ2n) is 4.59. The number of hydrogen-bond acceptors (Lipinski definition) is 7. The number of rotatable bonds is 6. The summed E-state index contributed by atoms with van der Waals surface area (Å²) < 4.78 is 19.6. The summed E-state index contributed by atoms with van der Waals surface area (Å²) in [7, 11) is 5.28. The van der Waals surface area contributed by atoms with Gasteiger partial charge in [0.2, 0.25) is 0 Å². The van der Waals surface area contributed by atoms with Gasteiger partial charge in [0.05, 0.1) is 39.3 Å². The zero-order valence-electron chi connectivity index (χ0n) is 13.8. The number of methoxy groups -OCH3 is 4. The first-order valence-corrected chi connectivity index (χ1v) is 6.67. The van der Waals surface area contributed by atoms with Crippen LogP contribution >= 0.6 is 0 Å². The number of esters is 2. The molecule has 126 valence electrons. The molecule has 0 amide bonds. The molecule has 0 heterocycles. The summed E-state index contributed by atoms with van der Waals surface area (Å²) >= 11 is 0. The average molecular weight is 324 g/mol. The smallest absolute Gasteiger partial charge is 0.342 e. The van der Waals surface area contributed by atoms with Crippen LogP contribution in [-0.4, -0.2) is 45.5 Å². The Morgan fingerprint density at radius 2 is 1.61 bits per heavy atom. The number of hydrogen-bond donors (Lipinski definition) is 1. The SMILES string of the molecule is COCc1cc(O)c(C(=O)OC)c(C(=O)OC)c1/C=C(\C)OC. The fourth-order valence-electron chi connectivity index (χ4n) is 2.06. The number of phenols is 1. The summed E-state index contributed by atoms with van der Waals surface area (Å²) in [6.07, 6.45) is 1.56. The highest BCUT2D eigenvalue weighted by Gasteiger charge is 2.28. The van der Waals surface area contributed by atoms with Crippen LogP contribution in [0.1, 0.15) is 38.8 Å². The van der Waals surface area contributed by atoms with E-state index in [-0.39, 0.29) is 17.7 Å². The van der Waals surface area contributed by atoms with Gasteiger partial charge in [0.1, 0.15) is 11.3 Å². The third-order valence-electron chi connectivity index (χ3n) is 3.18. The van der Waals surface area contributed by atoms with Crippen molar-refractivity contribution in [3.63, 3.8) is 0 Å². The first-order chi connectivity index (χ1) is 10.9. The van der Waals surface area contributed by atoms with E-state index in [0.29, 0.717) is 16.9 Å². The lowest BCUT2D eigenvalue weighted by molar-refractivity contribution is 0.0551. The van der Waals surface area contributed by atoms with Gasteiger partial charge >= 0.3 is 11.9 Å². The van der Waals surface area contributed by atoms with Crippen molar-refractivity contribution in [1.29, 1.82) is 0 Å². The summed E-state index contributed by atoms with van der Waals surface area (Å²) in [5, 5.41) is 10.1. The van der Waals surface area contributed by atoms with E-state index >= 15 is 0 Å². The maximum Gasteiger partial charge on any atom is 0.342 e. The van der Waals surface area contributed by atoms with Crippen molar-refractivity contribution in [2.24, 2.45) is 0 Å². The molecule has 0 atom stereocenters. The Labute approximate surface area is 134 Å². The molecule has 0 fully saturated rings. The summed E-state index contributed by atoms with van der Waals surface area (Å²) in [5.74, 6) is -1.53. The van der Waals surface area contributed by atoms with E-state index in [1.165, 1.54) is 27.4 Å². The average Bonchev–Trinajstić information content (AvgIpc) is 2.55. The summed E-state index contributed by atoms with van der Waals surface area (Å²) in [5.41, 5.74) is 0.475. The Morgan fingerprint density at radius 3 is 2.09 bits per heavy atom. The van der Waals surface area contributed by atoms with Crippen LogP contribution in [-0.2, 0) is 25.6 Å². The topological polar surface area (TPSA) is 91.3 Å². The van der Waals surface area contributed by atoms with Crippen LogP contribution in [0.15, 0.2) is 11.8 Å². The van der Waals surface area contributed by atoms with Gasteiger partial charge in [0.15, 0.2) is 0 Å². The predicted octanol–water partition coefficient (Wildman–Crippen LogP) is 2.12. The maximum absolute atomic E-state index is 12.2. The summed E-state index contributed by atoms with van der Waals surface area (Å²) in [6, 6.07) is 1.34. The molecule has 0 aromatic heterocycles. The number of carbonyl (C=O) groups is 2. The van der Waals surface area contributed by atoms with Crippen molar-refractivity contribution < 1.29 is 33.6 Å². The molecule has 7 heteroatoms. The van der Waals surface area contributed by atoms with Gasteiger partial charge in [-0.15, -0.1) is 0 Å². The van der Waals surface area contributed by atoms with Gasteiger partial charge in [-0.25, -0.2) is 9.59 Å². The van der Waals surface area contributed by atoms with Gasteiger partial charge < -0.3 is 24.1 Å². The molecule has 0 saturated carbocycles. The fraction of sp³-hybridized carbons (Fsp3) is 0.375. The summed E-state index contributed by atoms with van der Waals surface area (Å²) in [4.78, 5) is 24.2. The standard InChI is InChI=1S/C16H20O7/c1-9(21-3)6-11-10(8-20-2)7-12(17)14(16(19)23-5)13(11)15(18)22-4/h6-7,17H,8H2,1-5H3/b9-6+. The number of phenolic OH excluding ortho intramolecular Hbond substituents is 1. The number of benzene rings is 1. The van der Waals surface area contributed by atoms with E-state index in [4.69, 9.17) is 14.2 Å². The minimum Gasteiger partial charge on any atom is -0.507 e. The van der Waals surface area contributed by atoms with Gasteiger partial charge in [-0.05, 0) is 30.2 Å². The van der Waals surface area contributed by atoms with Crippen molar-refractivity contribution in [2.45, 2.75) is 13.5 Å². The molecule has 0 aliphatic heterocycles. The molecule has 0 unspecified atom stereocenters. The quantitative estimate of drug-likeness (QED) is 0.633. The molecular weight excluding hydrogens is 304 g/mol. The molecule has 0 saturated heterocycles. The number of aromatic hydroxyl groups is 1. The van der Waals surface area contributed by atoms with Crippen LogP contribution in [0.3, 0.4) is 0 Å². The second kappa shape index (κ2) is 8.19. The maximum atomic E-state index is 12.2. The van der Waals surface area contributed by atoms with Gasteiger partial charge in [0.25, 0.3) is 0 Å². The van der Waals surface area contributed by atoms with Crippen LogP contribution in [0.25, 0.3) is 6.08 Å². The van der Waals surface area contributed by atoms with Crippen molar-refractivity contribution in [1.82, 2.24) is 0 Å². The number of ether oxygens (including phenoxy) is 4. The Balaban J connectivity index is 3.84. The van der Waals surface area contributed by atoms with Crippen LogP contribution in [0.2, 0.25) is 0 Å². The Kier molecular flexibility index (Phi) is 6.59.